The van der Waals surface area contributed by atoms with Crippen LogP contribution in [0, 0.1) is 0 Å². The highest BCUT2D eigenvalue weighted by Crippen LogP contribution is 2.26. The summed E-state index contributed by atoms with van der Waals surface area (Å²) in [6, 6.07) is 10.8. The van der Waals surface area contributed by atoms with Gasteiger partial charge in [-0.3, -0.25) is 15.4 Å². The number of aromatic amines is 1. The van der Waals surface area contributed by atoms with E-state index >= 15 is 0 Å². The number of benzene rings is 1. The lowest BCUT2D eigenvalue weighted by Gasteiger charge is -2.05. The highest BCUT2D eigenvalue weighted by atomic mass is 32.1. The van der Waals surface area contributed by atoms with E-state index in [4.69, 9.17) is 0 Å². The zero-order valence-corrected chi connectivity index (χ0v) is 14.2. The number of nitrogens with zero attached hydrogens (tertiary/aromatic N) is 4. The first-order chi connectivity index (χ1) is 12.8. The van der Waals surface area contributed by atoms with E-state index < -0.39 is 0 Å². The van der Waals surface area contributed by atoms with Crippen molar-refractivity contribution in [2.24, 2.45) is 0 Å². The van der Waals surface area contributed by atoms with E-state index in [1.54, 1.807) is 18.6 Å². The van der Waals surface area contributed by atoms with E-state index in [1.165, 1.54) is 11.3 Å². The van der Waals surface area contributed by atoms with Gasteiger partial charge in [-0.15, -0.1) is 10.2 Å². The minimum absolute atomic E-state index is 0.376. The number of pyridine rings is 1. The lowest BCUT2D eigenvalue weighted by atomic mass is 10.1. The van der Waals surface area contributed by atoms with Gasteiger partial charge in [-0.2, -0.15) is 5.10 Å². The summed E-state index contributed by atoms with van der Waals surface area (Å²) in [5, 5.41) is 21.3. The van der Waals surface area contributed by atoms with Crippen LogP contribution < -0.4 is 10.6 Å². The number of rotatable bonds is 4. The van der Waals surface area contributed by atoms with Crippen molar-refractivity contribution in [3.63, 3.8) is 0 Å². The number of urea groups is 1. The molecule has 8 nitrogen and oxygen atoms in total. The number of anilines is 2. The molecule has 1 aromatic carbocycles. The average Bonchev–Trinajstić information content (AvgIpc) is 3.35. The molecule has 0 saturated heterocycles. The summed E-state index contributed by atoms with van der Waals surface area (Å²) >= 11 is 1.29. The fraction of sp³-hybridized carbons (Fsp3) is 0. The maximum Gasteiger partial charge on any atom is 0.325 e. The summed E-state index contributed by atoms with van der Waals surface area (Å²) in [6.07, 6.45) is 6.92. The van der Waals surface area contributed by atoms with Gasteiger partial charge in [0, 0.05) is 35.4 Å². The van der Waals surface area contributed by atoms with E-state index in [2.05, 4.69) is 36.0 Å². The molecule has 0 aliphatic rings. The van der Waals surface area contributed by atoms with Crippen LogP contribution in [0.15, 0.2) is 61.2 Å². The molecule has 3 aromatic heterocycles. The lowest BCUT2D eigenvalue weighted by Crippen LogP contribution is -2.19. The molecule has 2 amide bonds. The topological polar surface area (TPSA) is 108 Å². The smallest absolute Gasteiger partial charge is 0.308 e. The Bertz CT molecular complexity index is 997. The number of H-pyrrole nitrogens is 1. The molecule has 4 aromatic rings. The molecule has 4 rings (SSSR count). The molecular formula is C17H13N7OS. The molecule has 0 bridgehead atoms. The molecule has 9 heteroatoms. The van der Waals surface area contributed by atoms with Crippen LogP contribution in [-0.4, -0.2) is 31.4 Å². The predicted octanol–water partition coefficient (Wildman–Crippen LogP) is 3.63. The zero-order chi connectivity index (χ0) is 17.8. The molecule has 0 aliphatic carbocycles. The SMILES string of the molecule is O=C(Nc1ccc(-c2cn[nH]c2)cc1)Nc1nnc(-c2ccncc2)s1. The van der Waals surface area contributed by atoms with E-state index in [-0.39, 0.29) is 6.03 Å². The summed E-state index contributed by atoms with van der Waals surface area (Å²) in [5.41, 5.74) is 3.57. The van der Waals surface area contributed by atoms with Gasteiger partial charge >= 0.3 is 6.03 Å². The number of amides is 2. The quantitative estimate of drug-likeness (QED) is 0.513. The van der Waals surface area contributed by atoms with Crippen molar-refractivity contribution < 1.29 is 4.79 Å². The molecule has 0 unspecified atom stereocenters. The fourth-order valence-electron chi connectivity index (χ4n) is 2.30. The standard InChI is InChI=1S/C17H13N7OS/c25-16(21-14-3-1-11(2-4-14)13-9-19-20-10-13)22-17-24-23-15(26-17)12-5-7-18-8-6-12/h1-10H,(H,19,20)(H2,21,22,24,25). The van der Waals surface area contributed by atoms with Crippen LogP contribution in [0.2, 0.25) is 0 Å². The van der Waals surface area contributed by atoms with Gasteiger partial charge in [-0.25, -0.2) is 4.79 Å². The zero-order valence-electron chi connectivity index (χ0n) is 13.4. The Morgan fingerprint density at radius 2 is 1.73 bits per heavy atom. The van der Waals surface area contributed by atoms with Gasteiger partial charge in [-0.1, -0.05) is 23.5 Å². The monoisotopic (exact) mass is 363 g/mol. The number of carbonyl (C=O) groups excluding carboxylic acids is 1. The van der Waals surface area contributed by atoms with Crippen molar-refractivity contribution in [1.82, 2.24) is 25.4 Å². The predicted molar refractivity (Wildman–Crippen MR) is 99.8 cm³/mol. The van der Waals surface area contributed by atoms with Gasteiger partial charge in [-0.05, 0) is 29.8 Å². The minimum atomic E-state index is -0.376. The Balaban J connectivity index is 1.39. The second-order valence-electron chi connectivity index (χ2n) is 5.29. The first kappa shape index (κ1) is 15.9. The van der Waals surface area contributed by atoms with Gasteiger partial charge in [0.05, 0.1) is 6.20 Å². The van der Waals surface area contributed by atoms with Crippen LogP contribution in [0.25, 0.3) is 21.7 Å². The van der Waals surface area contributed by atoms with Crippen LogP contribution in [-0.2, 0) is 0 Å². The van der Waals surface area contributed by atoms with Crippen molar-refractivity contribution in [3.05, 3.63) is 61.2 Å². The second kappa shape index (κ2) is 7.11. The van der Waals surface area contributed by atoms with Crippen LogP contribution in [0.3, 0.4) is 0 Å². The highest BCUT2D eigenvalue weighted by molar-refractivity contribution is 7.18. The van der Waals surface area contributed by atoms with E-state index in [9.17, 15) is 4.79 Å². The molecule has 3 heterocycles. The third-order valence-corrected chi connectivity index (χ3v) is 4.43. The van der Waals surface area contributed by atoms with Crippen molar-refractivity contribution in [1.29, 1.82) is 0 Å². The van der Waals surface area contributed by atoms with Crippen LogP contribution in [0.4, 0.5) is 15.6 Å². The first-order valence-electron chi connectivity index (χ1n) is 7.69. The Hall–Kier alpha value is -3.59. The molecule has 0 spiro atoms. The maximum atomic E-state index is 12.1. The fourth-order valence-corrected chi connectivity index (χ4v) is 3.04. The average molecular weight is 363 g/mol. The number of carbonyl (C=O) groups is 1. The Morgan fingerprint density at radius 1 is 0.923 bits per heavy atom. The molecule has 26 heavy (non-hydrogen) atoms. The summed E-state index contributed by atoms with van der Waals surface area (Å²) in [4.78, 5) is 16.1. The molecule has 0 saturated carbocycles. The van der Waals surface area contributed by atoms with E-state index in [1.807, 2.05) is 42.6 Å². The van der Waals surface area contributed by atoms with Crippen LogP contribution in [0.1, 0.15) is 0 Å². The summed E-state index contributed by atoms with van der Waals surface area (Å²) in [7, 11) is 0. The molecule has 0 radical (unpaired) electrons. The normalized spacial score (nSPS) is 10.5. The van der Waals surface area contributed by atoms with Crippen molar-refractivity contribution in [3.8, 4) is 21.7 Å². The molecule has 128 valence electrons. The third kappa shape index (κ3) is 3.57. The van der Waals surface area contributed by atoms with Gasteiger partial charge in [0.1, 0.15) is 5.01 Å². The Labute approximate surface area is 152 Å². The summed E-state index contributed by atoms with van der Waals surface area (Å²) < 4.78 is 0. The molecular weight excluding hydrogens is 350 g/mol. The minimum Gasteiger partial charge on any atom is -0.308 e. The van der Waals surface area contributed by atoms with E-state index in [0.29, 0.717) is 15.8 Å². The lowest BCUT2D eigenvalue weighted by molar-refractivity contribution is 0.262. The molecule has 0 aliphatic heterocycles. The number of aromatic nitrogens is 5. The van der Waals surface area contributed by atoms with E-state index in [0.717, 1.165) is 16.7 Å². The molecule has 0 atom stereocenters. The summed E-state index contributed by atoms with van der Waals surface area (Å²) in [5.74, 6) is 0. The maximum absolute atomic E-state index is 12.1. The van der Waals surface area contributed by atoms with Crippen LogP contribution in [0.5, 0.6) is 0 Å². The summed E-state index contributed by atoms with van der Waals surface area (Å²) in [6.45, 7) is 0. The Morgan fingerprint density at radius 3 is 2.46 bits per heavy atom. The van der Waals surface area contributed by atoms with Gasteiger partial charge < -0.3 is 5.32 Å². The van der Waals surface area contributed by atoms with Crippen LogP contribution >= 0.6 is 11.3 Å². The molecule has 3 N–H and O–H groups in total. The second-order valence-corrected chi connectivity index (χ2v) is 6.27. The number of hydrogen-bond donors (Lipinski definition) is 3. The van der Waals surface area contributed by atoms with Gasteiger partial charge in [0.2, 0.25) is 5.13 Å². The number of hydrogen-bond acceptors (Lipinski definition) is 6. The van der Waals surface area contributed by atoms with Crippen molar-refractivity contribution >= 4 is 28.2 Å². The van der Waals surface area contributed by atoms with Gasteiger partial charge in [0.25, 0.3) is 0 Å². The van der Waals surface area contributed by atoms with Crippen molar-refractivity contribution in [2.75, 3.05) is 10.6 Å². The largest absolute Gasteiger partial charge is 0.325 e. The Kier molecular flexibility index (Phi) is 4.35. The first-order valence-corrected chi connectivity index (χ1v) is 8.51. The number of nitrogens with one attached hydrogen (secondary N) is 3. The third-order valence-electron chi connectivity index (χ3n) is 3.55. The van der Waals surface area contributed by atoms with Gasteiger partial charge in [0.15, 0.2) is 0 Å². The molecule has 0 fully saturated rings. The van der Waals surface area contributed by atoms with Crippen molar-refractivity contribution in [2.45, 2.75) is 0 Å². The highest BCUT2D eigenvalue weighted by Gasteiger charge is 2.10.